The lowest BCUT2D eigenvalue weighted by Crippen LogP contribution is -2.37. The molecule has 0 amide bonds. The van der Waals surface area contributed by atoms with Gasteiger partial charge in [0.1, 0.15) is 0 Å². The lowest BCUT2D eigenvalue weighted by Gasteiger charge is -2.12. The van der Waals surface area contributed by atoms with Crippen LogP contribution in [-0.2, 0) is 27.2 Å². The molecule has 2 N–H and O–H groups in total. The van der Waals surface area contributed by atoms with E-state index in [2.05, 4.69) is 15.3 Å². The van der Waals surface area contributed by atoms with Gasteiger partial charge < -0.3 is 15.0 Å². The third-order valence-electron chi connectivity index (χ3n) is 3.97. The largest absolute Gasteiger partial charge is 0.392 e. The number of hydrogen-bond acceptors (Lipinski definition) is 6. The molecule has 9 nitrogen and oxygen atoms in total. The van der Waals surface area contributed by atoms with E-state index >= 15 is 0 Å². The number of nitrogens with one attached hydrogen (secondary N) is 1. The highest BCUT2D eigenvalue weighted by molar-refractivity contribution is 5.74. The molecule has 0 radical (unpaired) electrons. The van der Waals surface area contributed by atoms with Crippen molar-refractivity contribution >= 4 is 17.1 Å². The Morgan fingerprint density at radius 1 is 1.28 bits per heavy atom. The maximum atomic E-state index is 12.6. The van der Waals surface area contributed by atoms with Crippen molar-refractivity contribution in [1.82, 2.24) is 23.7 Å². The predicted octanol–water partition coefficient (Wildman–Crippen LogP) is -0.178. The summed E-state index contributed by atoms with van der Waals surface area (Å²) in [5.41, 5.74) is 0.611. The maximum Gasteiger partial charge on any atom is 0.332 e. The Labute approximate surface area is 143 Å². The molecule has 3 aromatic heterocycles. The molecule has 25 heavy (non-hydrogen) atoms. The van der Waals surface area contributed by atoms with Gasteiger partial charge >= 0.3 is 5.69 Å². The Balaban J connectivity index is 2.14. The van der Waals surface area contributed by atoms with Crippen LogP contribution < -0.4 is 16.6 Å². The summed E-state index contributed by atoms with van der Waals surface area (Å²) in [7, 11) is 2.99. The number of nitrogens with zero attached hydrogens (tertiary/aromatic N) is 5. The second kappa shape index (κ2) is 6.52. The monoisotopic (exact) mass is 344 g/mol. The van der Waals surface area contributed by atoms with Crippen molar-refractivity contribution in [2.45, 2.75) is 26.1 Å². The molecule has 0 aliphatic carbocycles. The van der Waals surface area contributed by atoms with E-state index in [1.165, 1.54) is 11.6 Å². The van der Waals surface area contributed by atoms with E-state index in [9.17, 15) is 14.7 Å². The highest BCUT2D eigenvalue weighted by Crippen LogP contribution is 2.17. The highest BCUT2D eigenvalue weighted by Gasteiger charge is 2.19. The van der Waals surface area contributed by atoms with Crippen LogP contribution in [0.2, 0.25) is 0 Å². The summed E-state index contributed by atoms with van der Waals surface area (Å²) in [5, 5.41) is 13.0. The van der Waals surface area contributed by atoms with Crippen LogP contribution >= 0.6 is 0 Å². The number of aryl methyl sites for hydroxylation is 1. The van der Waals surface area contributed by atoms with Gasteiger partial charge in [0, 0.05) is 33.0 Å². The molecule has 0 aliphatic heterocycles. The Morgan fingerprint density at radius 2 is 2.04 bits per heavy atom. The van der Waals surface area contributed by atoms with Crippen LogP contribution in [0.3, 0.4) is 0 Å². The molecule has 1 atom stereocenters. The van der Waals surface area contributed by atoms with Gasteiger partial charge in [0.25, 0.3) is 5.56 Å². The van der Waals surface area contributed by atoms with Crippen LogP contribution in [0.5, 0.6) is 0 Å². The first-order chi connectivity index (χ1) is 11.9. The number of imidazole rings is 1. The van der Waals surface area contributed by atoms with E-state index < -0.39 is 17.4 Å². The van der Waals surface area contributed by atoms with E-state index in [0.717, 1.165) is 10.1 Å². The van der Waals surface area contributed by atoms with Crippen molar-refractivity contribution < 1.29 is 5.11 Å². The average molecular weight is 344 g/mol. The van der Waals surface area contributed by atoms with Gasteiger partial charge in [-0.1, -0.05) is 6.07 Å². The summed E-state index contributed by atoms with van der Waals surface area (Å²) in [6.07, 6.45) is 2.73. The number of aliphatic hydroxyl groups is 1. The number of hydrogen-bond donors (Lipinski definition) is 2. The lowest BCUT2D eigenvalue weighted by molar-refractivity contribution is 0.175. The SMILES string of the molecule is C[C@H](O)Cn1c(NCc2cccnc2)nc2c1c(=O)n(C)c(=O)n2C. The van der Waals surface area contributed by atoms with E-state index in [-0.39, 0.29) is 17.7 Å². The number of aromatic nitrogens is 5. The summed E-state index contributed by atoms with van der Waals surface area (Å²) < 4.78 is 3.97. The summed E-state index contributed by atoms with van der Waals surface area (Å²) in [6, 6.07) is 3.74. The zero-order valence-corrected chi connectivity index (χ0v) is 14.3. The van der Waals surface area contributed by atoms with E-state index in [4.69, 9.17) is 0 Å². The Kier molecular flexibility index (Phi) is 4.41. The van der Waals surface area contributed by atoms with Crippen LogP contribution in [-0.4, -0.2) is 34.9 Å². The topological polar surface area (TPSA) is 107 Å². The molecular weight excluding hydrogens is 324 g/mol. The quantitative estimate of drug-likeness (QED) is 0.665. The van der Waals surface area contributed by atoms with E-state index in [1.54, 1.807) is 30.9 Å². The van der Waals surface area contributed by atoms with E-state index in [0.29, 0.717) is 12.5 Å². The van der Waals surface area contributed by atoms with E-state index in [1.807, 2.05) is 12.1 Å². The minimum Gasteiger partial charge on any atom is -0.392 e. The number of fused-ring (bicyclic) bond motifs is 1. The fourth-order valence-corrected chi connectivity index (χ4v) is 2.71. The first-order valence-corrected chi connectivity index (χ1v) is 7.87. The van der Waals surface area contributed by atoms with Gasteiger partial charge in [-0.2, -0.15) is 4.98 Å². The first-order valence-electron chi connectivity index (χ1n) is 7.87. The minimum atomic E-state index is -0.682. The van der Waals surface area contributed by atoms with Crippen molar-refractivity contribution in [1.29, 1.82) is 0 Å². The summed E-state index contributed by atoms with van der Waals surface area (Å²) in [5.74, 6) is 0.415. The fraction of sp³-hybridized carbons (Fsp3) is 0.375. The second-order valence-corrected chi connectivity index (χ2v) is 5.99. The lowest BCUT2D eigenvalue weighted by atomic mass is 10.3. The number of aliphatic hydroxyl groups excluding tert-OH is 1. The third kappa shape index (κ3) is 3.05. The zero-order chi connectivity index (χ0) is 18.1. The van der Waals surface area contributed by atoms with Crippen LogP contribution in [0.4, 0.5) is 5.95 Å². The third-order valence-corrected chi connectivity index (χ3v) is 3.97. The van der Waals surface area contributed by atoms with Gasteiger partial charge in [-0.25, -0.2) is 4.79 Å². The van der Waals surface area contributed by atoms with Crippen molar-refractivity contribution in [3.63, 3.8) is 0 Å². The molecule has 0 fully saturated rings. The van der Waals surface area contributed by atoms with Crippen LogP contribution in [0.1, 0.15) is 12.5 Å². The molecule has 3 heterocycles. The highest BCUT2D eigenvalue weighted by atomic mass is 16.3. The molecule has 3 aromatic rings. The van der Waals surface area contributed by atoms with Crippen molar-refractivity contribution in [3.05, 3.63) is 50.9 Å². The molecule has 0 aliphatic rings. The molecule has 3 rings (SSSR count). The molecule has 132 valence electrons. The Hall–Kier alpha value is -2.94. The molecule has 0 spiro atoms. The maximum absolute atomic E-state index is 12.6. The zero-order valence-electron chi connectivity index (χ0n) is 14.3. The second-order valence-electron chi connectivity index (χ2n) is 5.99. The van der Waals surface area contributed by atoms with Crippen molar-refractivity contribution in [3.8, 4) is 0 Å². The molecule has 0 aromatic carbocycles. The molecule has 0 bridgehead atoms. The minimum absolute atomic E-state index is 0.180. The molecule has 9 heteroatoms. The van der Waals surface area contributed by atoms with Crippen LogP contribution in [0.15, 0.2) is 34.1 Å². The number of anilines is 1. The Morgan fingerprint density at radius 3 is 2.68 bits per heavy atom. The summed E-state index contributed by atoms with van der Waals surface area (Å²) in [4.78, 5) is 33.2. The number of pyridine rings is 1. The van der Waals surface area contributed by atoms with Gasteiger partial charge in [-0.05, 0) is 18.6 Å². The smallest absolute Gasteiger partial charge is 0.332 e. The molecule has 0 saturated heterocycles. The van der Waals surface area contributed by atoms with Gasteiger partial charge in [-0.3, -0.25) is 18.9 Å². The molecule has 0 unspecified atom stereocenters. The predicted molar refractivity (Wildman–Crippen MR) is 93.5 cm³/mol. The summed E-state index contributed by atoms with van der Waals surface area (Å²) >= 11 is 0. The summed E-state index contributed by atoms with van der Waals surface area (Å²) in [6.45, 7) is 2.26. The first kappa shape index (κ1) is 16.9. The Bertz CT molecular complexity index is 1020. The van der Waals surface area contributed by atoms with Crippen molar-refractivity contribution in [2.24, 2.45) is 14.1 Å². The molecular formula is C16H20N6O3. The van der Waals surface area contributed by atoms with Crippen LogP contribution in [0, 0.1) is 0 Å². The fourth-order valence-electron chi connectivity index (χ4n) is 2.71. The molecule has 0 saturated carbocycles. The normalized spacial score (nSPS) is 12.5. The number of rotatable bonds is 5. The van der Waals surface area contributed by atoms with Gasteiger partial charge in [0.2, 0.25) is 5.95 Å². The van der Waals surface area contributed by atoms with Crippen molar-refractivity contribution in [2.75, 3.05) is 5.32 Å². The average Bonchev–Trinajstić information content (AvgIpc) is 2.95. The van der Waals surface area contributed by atoms with Gasteiger partial charge in [0.15, 0.2) is 11.2 Å². The van der Waals surface area contributed by atoms with Gasteiger partial charge in [-0.15, -0.1) is 0 Å². The van der Waals surface area contributed by atoms with Gasteiger partial charge in [0.05, 0.1) is 12.6 Å². The van der Waals surface area contributed by atoms with Crippen LogP contribution in [0.25, 0.3) is 11.2 Å². The standard InChI is InChI=1S/C16H20N6O3/c1-10(23)9-22-12-13(20(2)16(25)21(3)14(12)24)19-15(22)18-8-11-5-4-6-17-7-11/h4-7,10,23H,8-9H2,1-3H3,(H,18,19)/t10-/m0/s1.